The van der Waals surface area contributed by atoms with Crippen LogP contribution in [0.1, 0.15) is 56.7 Å². The first kappa shape index (κ1) is 25.4. The third kappa shape index (κ3) is 5.30. The summed E-state index contributed by atoms with van der Waals surface area (Å²) in [5.41, 5.74) is 1.44. The van der Waals surface area contributed by atoms with Gasteiger partial charge in [-0.05, 0) is 38.0 Å². The first-order chi connectivity index (χ1) is 16.2. The van der Waals surface area contributed by atoms with Gasteiger partial charge in [0.2, 0.25) is 16.0 Å². The third-order valence-corrected chi connectivity index (χ3v) is 7.60. The number of anilines is 1. The van der Waals surface area contributed by atoms with Gasteiger partial charge in [0.25, 0.3) is 0 Å². The van der Waals surface area contributed by atoms with E-state index in [-0.39, 0.29) is 5.95 Å². The van der Waals surface area contributed by atoms with Gasteiger partial charge in [-0.1, -0.05) is 26.3 Å². The number of nitrogens with zero attached hydrogens (tertiary/aromatic N) is 5. The Bertz CT molecular complexity index is 1190. The van der Waals surface area contributed by atoms with Crippen molar-refractivity contribution in [2.75, 3.05) is 18.9 Å². The average Bonchev–Trinajstić information content (AvgIpc) is 3.22. The van der Waals surface area contributed by atoms with Crippen molar-refractivity contribution >= 4 is 16.0 Å². The van der Waals surface area contributed by atoms with Crippen LogP contribution in [-0.4, -0.2) is 52.6 Å². The lowest BCUT2D eigenvalue weighted by Gasteiger charge is -2.21. The molecule has 1 aromatic carbocycles. The van der Waals surface area contributed by atoms with Gasteiger partial charge in [0.05, 0.1) is 19.5 Å². The number of aromatic nitrogens is 5. The summed E-state index contributed by atoms with van der Waals surface area (Å²) in [5, 5.41) is 7.64. The highest BCUT2D eigenvalue weighted by Crippen LogP contribution is 2.36. The molecule has 0 saturated heterocycles. The van der Waals surface area contributed by atoms with E-state index in [1.54, 1.807) is 63.2 Å². The molecular weight excluding hydrogens is 456 g/mol. The summed E-state index contributed by atoms with van der Waals surface area (Å²) in [4.78, 5) is 8.60. The Labute approximate surface area is 200 Å². The zero-order valence-electron chi connectivity index (χ0n) is 20.4. The third-order valence-electron chi connectivity index (χ3n) is 5.74. The van der Waals surface area contributed by atoms with Crippen molar-refractivity contribution in [2.24, 2.45) is 0 Å². The van der Waals surface area contributed by atoms with Crippen LogP contribution in [-0.2, 0) is 16.4 Å². The number of hydrogen-bond acceptors (Lipinski definition) is 8. The van der Waals surface area contributed by atoms with Crippen molar-refractivity contribution in [3.8, 4) is 17.2 Å². The maximum atomic E-state index is 13.4. The van der Waals surface area contributed by atoms with Crippen LogP contribution < -0.4 is 14.2 Å². The molecule has 0 spiro atoms. The fourth-order valence-electron chi connectivity index (χ4n) is 3.50. The number of hydrogen-bond donors (Lipinski definition) is 1. The van der Waals surface area contributed by atoms with Gasteiger partial charge in [-0.15, -0.1) is 10.2 Å². The zero-order chi connectivity index (χ0) is 24.9. The van der Waals surface area contributed by atoms with Gasteiger partial charge < -0.3 is 9.47 Å². The van der Waals surface area contributed by atoms with Gasteiger partial charge >= 0.3 is 0 Å². The lowest BCUT2D eigenvalue weighted by atomic mass is 10.1. The second-order valence-electron chi connectivity index (χ2n) is 8.15. The summed E-state index contributed by atoms with van der Waals surface area (Å²) in [5.74, 6) is 1.69. The number of nitrogens with one attached hydrogen (secondary N) is 1. The molecule has 2 atom stereocenters. The number of methoxy groups -OCH3 is 2. The van der Waals surface area contributed by atoms with Crippen LogP contribution in [0.3, 0.4) is 0 Å². The number of unbranched alkanes of at least 4 members (excludes halogenated alkanes) is 1. The van der Waals surface area contributed by atoms with Gasteiger partial charge in [-0.2, -0.15) is 0 Å². The SMILES string of the molecule is CCCCc1nnc(NS(=O)(=O)C(C)C(C)c2ncc(C)cn2)n1-c1c(OC)cccc1OC. The predicted molar refractivity (Wildman–Crippen MR) is 130 cm³/mol. The van der Waals surface area contributed by atoms with Crippen LogP contribution in [0.5, 0.6) is 11.5 Å². The van der Waals surface area contributed by atoms with Gasteiger partial charge in [-0.25, -0.2) is 18.4 Å². The van der Waals surface area contributed by atoms with Crippen molar-refractivity contribution in [2.45, 2.75) is 58.1 Å². The van der Waals surface area contributed by atoms with Crippen LogP contribution in [0.25, 0.3) is 5.69 Å². The van der Waals surface area contributed by atoms with Crippen molar-refractivity contribution in [1.82, 2.24) is 24.7 Å². The first-order valence-electron chi connectivity index (χ1n) is 11.2. The maximum Gasteiger partial charge on any atom is 0.243 e. The monoisotopic (exact) mass is 488 g/mol. The highest BCUT2D eigenvalue weighted by molar-refractivity contribution is 7.93. The molecule has 34 heavy (non-hydrogen) atoms. The fourth-order valence-corrected chi connectivity index (χ4v) is 4.73. The Morgan fingerprint density at radius 1 is 1.06 bits per heavy atom. The molecule has 184 valence electrons. The minimum absolute atomic E-state index is 0.0674. The number of para-hydroxylation sites is 1. The second-order valence-corrected chi connectivity index (χ2v) is 10.2. The summed E-state index contributed by atoms with van der Waals surface area (Å²) in [7, 11) is -0.792. The molecule has 2 heterocycles. The number of sulfonamides is 1. The van der Waals surface area contributed by atoms with Crippen molar-refractivity contribution in [1.29, 1.82) is 0 Å². The number of aryl methyl sites for hydroxylation is 2. The minimum atomic E-state index is -3.88. The van der Waals surface area contributed by atoms with Crippen molar-refractivity contribution < 1.29 is 17.9 Å². The quantitative estimate of drug-likeness (QED) is 0.434. The zero-order valence-corrected chi connectivity index (χ0v) is 21.3. The molecule has 3 aromatic rings. The second kappa shape index (κ2) is 10.8. The lowest BCUT2D eigenvalue weighted by molar-refractivity contribution is 0.390. The Morgan fingerprint density at radius 3 is 2.24 bits per heavy atom. The van der Waals surface area contributed by atoms with Gasteiger partial charge in [-0.3, -0.25) is 9.29 Å². The van der Waals surface area contributed by atoms with Crippen LogP contribution in [0.2, 0.25) is 0 Å². The maximum absolute atomic E-state index is 13.4. The minimum Gasteiger partial charge on any atom is -0.494 e. The van der Waals surface area contributed by atoms with Gasteiger partial charge in [0, 0.05) is 24.7 Å². The van der Waals surface area contributed by atoms with E-state index in [4.69, 9.17) is 9.47 Å². The Morgan fingerprint density at radius 2 is 1.68 bits per heavy atom. The van der Waals surface area contributed by atoms with E-state index in [9.17, 15) is 8.42 Å². The van der Waals surface area contributed by atoms with E-state index in [0.717, 1.165) is 18.4 Å². The van der Waals surface area contributed by atoms with E-state index in [1.807, 2.05) is 6.92 Å². The summed E-state index contributed by atoms with van der Waals surface area (Å²) >= 11 is 0. The summed E-state index contributed by atoms with van der Waals surface area (Å²) in [6.07, 6.45) is 5.77. The molecule has 0 aliphatic heterocycles. The molecule has 2 aromatic heterocycles. The largest absolute Gasteiger partial charge is 0.494 e. The molecule has 0 aliphatic carbocycles. The molecule has 0 bridgehead atoms. The smallest absolute Gasteiger partial charge is 0.243 e. The molecular formula is C23H32N6O4S. The van der Waals surface area contributed by atoms with Gasteiger partial charge in [0.1, 0.15) is 28.8 Å². The topological polar surface area (TPSA) is 121 Å². The molecule has 3 rings (SSSR count). The highest BCUT2D eigenvalue weighted by atomic mass is 32.2. The molecule has 0 radical (unpaired) electrons. The highest BCUT2D eigenvalue weighted by Gasteiger charge is 2.32. The first-order valence-corrected chi connectivity index (χ1v) is 12.7. The standard InChI is InChI=1S/C23H32N6O4S/c1-7-8-12-20-26-27-23(29(20)21-18(32-5)10-9-11-19(21)33-6)28-34(30,31)17(4)16(3)22-24-13-15(2)14-25-22/h9-11,13-14,16-17H,7-8,12H2,1-6H3,(H,27,28). The van der Waals surface area contributed by atoms with Crippen LogP contribution in [0.4, 0.5) is 5.95 Å². The molecule has 0 saturated carbocycles. The summed E-state index contributed by atoms with van der Waals surface area (Å²) in [6.45, 7) is 7.36. The molecule has 0 aliphatic rings. The molecule has 0 fully saturated rings. The van der Waals surface area contributed by atoms with E-state index >= 15 is 0 Å². The molecule has 0 amide bonds. The number of ether oxygens (including phenoxy) is 2. The number of rotatable bonds is 11. The summed E-state index contributed by atoms with van der Waals surface area (Å²) in [6, 6.07) is 5.35. The van der Waals surface area contributed by atoms with E-state index in [2.05, 4.69) is 31.8 Å². The molecule has 10 nitrogen and oxygen atoms in total. The number of benzene rings is 1. The van der Waals surface area contributed by atoms with Crippen molar-refractivity contribution in [3.05, 3.63) is 47.8 Å². The fraction of sp³-hybridized carbons (Fsp3) is 0.478. The molecule has 2 unspecified atom stereocenters. The van der Waals surface area contributed by atoms with E-state index in [1.165, 1.54) is 0 Å². The van der Waals surface area contributed by atoms with Crippen molar-refractivity contribution in [3.63, 3.8) is 0 Å². The van der Waals surface area contributed by atoms with Gasteiger partial charge in [0.15, 0.2) is 0 Å². The lowest BCUT2D eigenvalue weighted by Crippen LogP contribution is -2.31. The predicted octanol–water partition coefficient (Wildman–Crippen LogP) is 3.66. The van der Waals surface area contributed by atoms with Crippen LogP contribution in [0.15, 0.2) is 30.6 Å². The normalized spacial score (nSPS) is 13.4. The Balaban J connectivity index is 2.04. The van der Waals surface area contributed by atoms with E-state index < -0.39 is 21.2 Å². The van der Waals surface area contributed by atoms with Crippen LogP contribution >= 0.6 is 0 Å². The Kier molecular flexibility index (Phi) is 8.08. The van der Waals surface area contributed by atoms with Crippen LogP contribution in [0, 0.1) is 6.92 Å². The molecule has 11 heteroatoms. The summed E-state index contributed by atoms with van der Waals surface area (Å²) < 4.78 is 42.2. The average molecular weight is 489 g/mol. The molecule has 1 N–H and O–H groups in total. The van der Waals surface area contributed by atoms with E-state index in [0.29, 0.717) is 35.3 Å². The Hall–Kier alpha value is -3.21.